The van der Waals surface area contributed by atoms with Gasteiger partial charge in [0.15, 0.2) is 17.6 Å². The molecule has 2 atom stereocenters. The monoisotopic (exact) mass is 431 g/mol. The predicted octanol–water partition coefficient (Wildman–Crippen LogP) is 3.21. The van der Waals surface area contributed by atoms with Crippen molar-refractivity contribution in [2.75, 3.05) is 0 Å². The van der Waals surface area contributed by atoms with Crippen LogP contribution >= 0.6 is 0 Å². The summed E-state index contributed by atoms with van der Waals surface area (Å²) in [5.41, 5.74) is 7.52. The normalized spacial score (nSPS) is 21.6. The zero-order valence-electron chi connectivity index (χ0n) is 17.0. The van der Waals surface area contributed by atoms with Gasteiger partial charge in [0.25, 0.3) is 5.91 Å². The van der Waals surface area contributed by atoms with Crippen molar-refractivity contribution in [1.82, 2.24) is 21.5 Å². The highest BCUT2D eigenvalue weighted by molar-refractivity contribution is 6.05. The molecule has 6 nitrogen and oxygen atoms in total. The summed E-state index contributed by atoms with van der Waals surface area (Å²) in [5.74, 6) is -2.70. The van der Waals surface area contributed by atoms with E-state index in [1.807, 2.05) is 6.07 Å². The fourth-order valence-electron chi connectivity index (χ4n) is 3.49. The molecule has 2 fully saturated rings. The molecule has 0 bridgehead atoms. The maximum atomic E-state index is 13.9. The fourth-order valence-corrected chi connectivity index (χ4v) is 3.49. The largest absolute Gasteiger partial charge is 0.353 e. The Morgan fingerprint density at radius 1 is 1.03 bits per heavy atom. The van der Waals surface area contributed by atoms with E-state index in [4.69, 9.17) is 0 Å². The number of guanidine groups is 1. The van der Waals surface area contributed by atoms with E-state index in [0.29, 0.717) is 12.0 Å². The summed E-state index contributed by atoms with van der Waals surface area (Å²) in [6.45, 7) is 1.71. The summed E-state index contributed by atoms with van der Waals surface area (Å²) in [4.78, 5) is 17.1. The van der Waals surface area contributed by atoms with Crippen molar-refractivity contribution in [1.29, 1.82) is 0 Å². The summed E-state index contributed by atoms with van der Waals surface area (Å²) >= 11 is 0. The Labute approximate surface area is 178 Å². The highest BCUT2D eigenvalue weighted by atomic mass is 19.2. The van der Waals surface area contributed by atoms with E-state index in [1.165, 1.54) is 12.1 Å². The van der Waals surface area contributed by atoms with Gasteiger partial charge in [-0.25, -0.2) is 29.0 Å². The van der Waals surface area contributed by atoms with Gasteiger partial charge in [0.05, 0.1) is 0 Å². The molecule has 1 amide bonds. The molecule has 0 spiro atoms. The molecular weight excluding hydrogens is 407 g/mol. The number of hydrogen-bond acceptors (Lipinski definition) is 4. The first kappa shape index (κ1) is 21.3. The van der Waals surface area contributed by atoms with Gasteiger partial charge in [0.1, 0.15) is 12.0 Å². The Morgan fingerprint density at radius 3 is 2.52 bits per heavy atom. The van der Waals surface area contributed by atoms with Crippen LogP contribution in [0, 0.1) is 24.4 Å². The Bertz CT molecular complexity index is 1010. The first-order valence-corrected chi connectivity index (χ1v) is 10.3. The Hall–Kier alpha value is -2.91. The SMILES string of the molecule is Cc1ccc(C2CC(N=C(NC(=O)c3ccc(F)c(F)c3)NC3CCC3)NN2)cc1F. The predicted molar refractivity (Wildman–Crippen MR) is 111 cm³/mol. The number of hydrogen-bond donors (Lipinski definition) is 4. The molecule has 1 aliphatic heterocycles. The van der Waals surface area contributed by atoms with Crippen LogP contribution in [0.15, 0.2) is 41.4 Å². The van der Waals surface area contributed by atoms with Crippen LogP contribution in [0.3, 0.4) is 0 Å². The third kappa shape index (κ3) is 5.05. The molecule has 1 saturated heterocycles. The molecule has 4 N–H and O–H groups in total. The third-order valence-corrected chi connectivity index (χ3v) is 5.63. The lowest BCUT2D eigenvalue weighted by atomic mass is 9.93. The summed E-state index contributed by atoms with van der Waals surface area (Å²) in [7, 11) is 0. The molecule has 2 aromatic carbocycles. The molecule has 2 aliphatic rings. The van der Waals surface area contributed by atoms with Crippen molar-refractivity contribution >= 4 is 11.9 Å². The number of rotatable bonds is 4. The van der Waals surface area contributed by atoms with Crippen LogP contribution in [-0.2, 0) is 0 Å². The smallest absolute Gasteiger partial charge is 0.258 e. The first-order chi connectivity index (χ1) is 14.9. The van der Waals surface area contributed by atoms with Gasteiger partial charge in [-0.15, -0.1) is 0 Å². The second-order valence-corrected chi connectivity index (χ2v) is 7.93. The average Bonchev–Trinajstić information content (AvgIpc) is 3.17. The number of nitrogens with one attached hydrogen (secondary N) is 4. The van der Waals surface area contributed by atoms with Crippen LogP contribution in [0.2, 0.25) is 0 Å². The molecule has 2 aromatic rings. The van der Waals surface area contributed by atoms with Crippen molar-refractivity contribution in [2.24, 2.45) is 4.99 Å². The second-order valence-electron chi connectivity index (χ2n) is 7.93. The highest BCUT2D eigenvalue weighted by Gasteiger charge is 2.27. The lowest BCUT2D eigenvalue weighted by Crippen LogP contribution is -2.49. The average molecular weight is 431 g/mol. The molecule has 2 unspecified atom stereocenters. The van der Waals surface area contributed by atoms with Gasteiger partial charge in [-0.05, 0) is 61.6 Å². The number of aliphatic imine (C=N–C) groups is 1. The van der Waals surface area contributed by atoms with E-state index in [1.54, 1.807) is 13.0 Å². The Kier molecular flexibility index (Phi) is 6.24. The molecule has 9 heteroatoms. The minimum absolute atomic E-state index is 0.00692. The maximum Gasteiger partial charge on any atom is 0.258 e. The quantitative estimate of drug-likeness (QED) is 0.443. The van der Waals surface area contributed by atoms with Crippen LogP contribution in [0.5, 0.6) is 0 Å². The minimum atomic E-state index is -1.09. The number of amides is 1. The number of hydrazine groups is 1. The third-order valence-electron chi connectivity index (χ3n) is 5.63. The molecule has 0 radical (unpaired) electrons. The van der Waals surface area contributed by atoms with Crippen LogP contribution in [-0.4, -0.2) is 24.1 Å². The summed E-state index contributed by atoms with van der Waals surface area (Å²) in [5, 5.41) is 5.86. The zero-order chi connectivity index (χ0) is 22.0. The summed E-state index contributed by atoms with van der Waals surface area (Å²) < 4.78 is 40.6. The Morgan fingerprint density at radius 2 is 1.84 bits per heavy atom. The fraction of sp³-hybridized carbons (Fsp3) is 0.364. The van der Waals surface area contributed by atoms with Gasteiger partial charge in [-0.1, -0.05) is 12.1 Å². The standard InChI is InChI=1S/C22H24F3N5O/c1-12-5-6-13(9-17(12)24)19-11-20(30-29-19)27-22(26-15-3-2-4-15)28-21(31)14-7-8-16(23)18(25)10-14/h5-10,15,19-20,29-30H,2-4,11H2,1H3,(H2,26,27,28,31). The van der Waals surface area contributed by atoms with Crippen LogP contribution in [0.25, 0.3) is 0 Å². The molecule has 1 aliphatic carbocycles. The van der Waals surface area contributed by atoms with Gasteiger partial charge in [-0.2, -0.15) is 0 Å². The van der Waals surface area contributed by atoms with Crippen molar-refractivity contribution in [3.8, 4) is 0 Å². The van der Waals surface area contributed by atoms with Gasteiger partial charge < -0.3 is 5.32 Å². The molecular formula is C22H24F3N5O. The lowest BCUT2D eigenvalue weighted by molar-refractivity contribution is 0.0974. The van der Waals surface area contributed by atoms with Crippen molar-refractivity contribution in [3.05, 3.63) is 70.5 Å². The van der Waals surface area contributed by atoms with Gasteiger partial charge in [-0.3, -0.25) is 10.1 Å². The summed E-state index contributed by atoms with van der Waals surface area (Å²) in [6.07, 6.45) is 3.18. The van der Waals surface area contributed by atoms with Crippen LogP contribution in [0.1, 0.15) is 53.2 Å². The van der Waals surface area contributed by atoms with Crippen molar-refractivity contribution in [2.45, 2.75) is 50.9 Å². The number of carbonyl (C=O) groups excluding carboxylic acids is 1. The second kappa shape index (κ2) is 9.07. The number of aryl methyl sites for hydroxylation is 1. The van der Waals surface area contributed by atoms with E-state index >= 15 is 0 Å². The maximum absolute atomic E-state index is 13.9. The van der Waals surface area contributed by atoms with E-state index < -0.39 is 17.5 Å². The van der Waals surface area contributed by atoms with E-state index in [0.717, 1.165) is 37.0 Å². The Balaban J connectivity index is 1.47. The first-order valence-electron chi connectivity index (χ1n) is 10.3. The number of carbonyl (C=O) groups is 1. The molecule has 1 saturated carbocycles. The van der Waals surface area contributed by atoms with Crippen molar-refractivity contribution < 1.29 is 18.0 Å². The molecule has 4 rings (SSSR count). The lowest BCUT2D eigenvalue weighted by Gasteiger charge is -2.28. The van der Waals surface area contributed by atoms with E-state index in [-0.39, 0.29) is 35.6 Å². The van der Waals surface area contributed by atoms with Gasteiger partial charge in [0.2, 0.25) is 0 Å². The van der Waals surface area contributed by atoms with Crippen LogP contribution in [0.4, 0.5) is 13.2 Å². The van der Waals surface area contributed by atoms with Crippen molar-refractivity contribution in [3.63, 3.8) is 0 Å². The molecule has 1 heterocycles. The molecule has 0 aromatic heterocycles. The topological polar surface area (TPSA) is 77.5 Å². The zero-order valence-corrected chi connectivity index (χ0v) is 17.0. The highest BCUT2D eigenvalue weighted by Crippen LogP contribution is 2.24. The number of benzene rings is 2. The van der Waals surface area contributed by atoms with Crippen LogP contribution < -0.4 is 21.5 Å². The van der Waals surface area contributed by atoms with E-state index in [2.05, 4.69) is 26.5 Å². The molecule has 164 valence electrons. The van der Waals surface area contributed by atoms with Gasteiger partial charge >= 0.3 is 0 Å². The molecule has 31 heavy (non-hydrogen) atoms. The number of nitrogens with zero attached hydrogens (tertiary/aromatic N) is 1. The van der Waals surface area contributed by atoms with Gasteiger partial charge in [0, 0.05) is 24.1 Å². The minimum Gasteiger partial charge on any atom is -0.353 e. The van der Waals surface area contributed by atoms with E-state index in [9.17, 15) is 18.0 Å². The number of halogens is 3. The summed E-state index contributed by atoms with van der Waals surface area (Å²) in [6, 6.07) is 8.12.